The fourth-order valence-corrected chi connectivity index (χ4v) is 1.04. The molecule has 1 aromatic rings. The van der Waals surface area contributed by atoms with Gasteiger partial charge in [-0.2, -0.15) is 4.98 Å². The lowest BCUT2D eigenvalue weighted by atomic mass is 10.1. The van der Waals surface area contributed by atoms with Gasteiger partial charge in [-0.3, -0.25) is 0 Å². The summed E-state index contributed by atoms with van der Waals surface area (Å²) >= 11 is 0. The van der Waals surface area contributed by atoms with Gasteiger partial charge >= 0.3 is 0 Å². The molecule has 14 heavy (non-hydrogen) atoms. The third-order valence-corrected chi connectivity index (χ3v) is 1.59. The minimum Gasteiger partial charge on any atom is -0.370 e. The van der Waals surface area contributed by atoms with Crippen LogP contribution in [0, 0.1) is 5.92 Å². The molecule has 0 spiro atoms. The average molecular weight is 199 g/mol. The number of nitrogens with two attached hydrogens (primary N) is 1. The van der Waals surface area contributed by atoms with Crippen molar-refractivity contribution in [1.82, 2.24) is 10.1 Å². The molecule has 0 saturated heterocycles. The van der Waals surface area contributed by atoms with Crippen molar-refractivity contribution in [2.24, 2.45) is 11.7 Å². The van der Waals surface area contributed by atoms with E-state index in [1.165, 1.54) is 0 Å². The van der Waals surface area contributed by atoms with Crippen LogP contribution in [0.3, 0.4) is 0 Å². The highest BCUT2D eigenvalue weighted by molar-refractivity contribution is 4.85. The largest absolute Gasteiger partial charge is 0.370 e. The van der Waals surface area contributed by atoms with Gasteiger partial charge in [-0.1, -0.05) is 19.0 Å². The number of aromatic nitrogens is 2. The summed E-state index contributed by atoms with van der Waals surface area (Å²) in [5.74, 6) is 1.80. The van der Waals surface area contributed by atoms with Crippen LogP contribution >= 0.6 is 0 Å². The molecule has 0 unspecified atom stereocenters. The van der Waals surface area contributed by atoms with Crippen molar-refractivity contribution in [3.05, 3.63) is 11.7 Å². The van der Waals surface area contributed by atoms with E-state index in [9.17, 15) is 0 Å². The number of hydrogen-bond donors (Lipinski definition) is 1. The first-order chi connectivity index (χ1) is 6.72. The van der Waals surface area contributed by atoms with Gasteiger partial charge in [-0.15, -0.1) is 0 Å². The zero-order valence-electron chi connectivity index (χ0n) is 8.69. The highest BCUT2D eigenvalue weighted by atomic mass is 16.5. The molecule has 0 aliphatic carbocycles. The summed E-state index contributed by atoms with van der Waals surface area (Å²) in [6, 6.07) is 0. The number of rotatable bonds is 6. The lowest BCUT2D eigenvalue weighted by molar-refractivity contribution is 0.104. The van der Waals surface area contributed by atoms with Gasteiger partial charge in [0.25, 0.3) is 5.89 Å². The second kappa shape index (κ2) is 5.72. The van der Waals surface area contributed by atoms with Crippen molar-refractivity contribution in [2.75, 3.05) is 13.2 Å². The molecule has 0 bridgehead atoms. The topological polar surface area (TPSA) is 74.2 Å². The molecule has 1 rings (SSSR count). The van der Waals surface area contributed by atoms with Crippen LogP contribution in [0.4, 0.5) is 0 Å². The quantitative estimate of drug-likeness (QED) is 0.684. The summed E-state index contributed by atoms with van der Waals surface area (Å²) < 4.78 is 10.2. The minimum absolute atomic E-state index is 0.349. The van der Waals surface area contributed by atoms with Crippen LogP contribution in [-0.2, 0) is 17.8 Å². The normalized spacial score (nSPS) is 11.1. The van der Waals surface area contributed by atoms with Gasteiger partial charge in [0.05, 0.1) is 6.61 Å². The second-order valence-corrected chi connectivity index (χ2v) is 3.54. The summed E-state index contributed by atoms with van der Waals surface area (Å²) in [5, 5.41) is 3.84. The van der Waals surface area contributed by atoms with Gasteiger partial charge in [0, 0.05) is 13.0 Å². The van der Waals surface area contributed by atoms with Gasteiger partial charge in [0.2, 0.25) is 0 Å². The fourth-order valence-electron chi connectivity index (χ4n) is 1.04. The molecule has 1 aromatic heterocycles. The lowest BCUT2D eigenvalue weighted by Crippen LogP contribution is -2.08. The van der Waals surface area contributed by atoms with Crippen LogP contribution in [0.25, 0.3) is 0 Å². The molecule has 0 saturated carbocycles. The van der Waals surface area contributed by atoms with Gasteiger partial charge in [0.1, 0.15) is 6.61 Å². The predicted molar refractivity (Wildman–Crippen MR) is 51.6 cm³/mol. The Bertz CT molecular complexity index is 260. The molecular formula is C9H17N3O2. The van der Waals surface area contributed by atoms with E-state index in [0.717, 1.165) is 12.2 Å². The van der Waals surface area contributed by atoms with Crippen molar-refractivity contribution in [2.45, 2.75) is 26.9 Å². The third kappa shape index (κ3) is 3.85. The van der Waals surface area contributed by atoms with Crippen molar-refractivity contribution in [1.29, 1.82) is 0 Å². The molecule has 0 aliphatic heterocycles. The van der Waals surface area contributed by atoms with E-state index in [4.69, 9.17) is 15.0 Å². The summed E-state index contributed by atoms with van der Waals surface area (Å²) in [5.41, 5.74) is 5.27. The number of ether oxygens (including phenoxy) is 1. The van der Waals surface area contributed by atoms with Crippen molar-refractivity contribution >= 4 is 0 Å². The van der Waals surface area contributed by atoms with Gasteiger partial charge in [-0.25, -0.2) is 0 Å². The Hall–Kier alpha value is -0.940. The molecule has 0 fully saturated rings. The maximum atomic E-state index is 5.27. The Morgan fingerprint density at radius 1 is 1.50 bits per heavy atom. The summed E-state index contributed by atoms with van der Waals surface area (Å²) in [7, 11) is 0. The zero-order valence-corrected chi connectivity index (χ0v) is 8.69. The second-order valence-electron chi connectivity index (χ2n) is 3.54. The molecule has 1 heterocycles. The van der Waals surface area contributed by atoms with Crippen molar-refractivity contribution in [3.8, 4) is 0 Å². The summed E-state index contributed by atoms with van der Waals surface area (Å²) in [4.78, 5) is 4.18. The Morgan fingerprint density at radius 3 is 2.93 bits per heavy atom. The molecule has 2 N–H and O–H groups in total. The summed E-state index contributed by atoms with van der Waals surface area (Å²) in [6.07, 6.45) is 0.834. The van der Waals surface area contributed by atoms with E-state index < -0.39 is 0 Å². The maximum absolute atomic E-state index is 5.27. The van der Waals surface area contributed by atoms with Crippen LogP contribution < -0.4 is 5.73 Å². The average Bonchev–Trinajstić information content (AvgIpc) is 2.52. The van der Waals surface area contributed by atoms with E-state index in [1.54, 1.807) is 0 Å². The lowest BCUT2D eigenvalue weighted by Gasteiger charge is -1.97. The molecule has 0 aliphatic rings. The molecule has 0 amide bonds. The molecule has 0 aromatic carbocycles. The Kier molecular flexibility index (Phi) is 4.55. The monoisotopic (exact) mass is 199 g/mol. The van der Waals surface area contributed by atoms with Gasteiger partial charge in [0.15, 0.2) is 5.82 Å². The Morgan fingerprint density at radius 2 is 2.29 bits per heavy atom. The molecular weight excluding hydrogens is 182 g/mol. The van der Waals surface area contributed by atoms with E-state index >= 15 is 0 Å². The first-order valence-electron chi connectivity index (χ1n) is 4.81. The minimum atomic E-state index is 0.349. The first-order valence-corrected chi connectivity index (χ1v) is 4.81. The molecule has 0 atom stereocenters. The molecule has 80 valence electrons. The highest BCUT2D eigenvalue weighted by Gasteiger charge is 2.07. The van der Waals surface area contributed by atoms with E-state index in [0.29, 0.717) is 31.6 Å². The number of nitrogens with zero attached hydrogens (tertiary/aromatic N) is 2. The predicted octanol–water partition coefficient (Wildman–Crippen LogP) is 0.743. The molecule has 0 radical (unpaired) electrons. The molecule has 5 nitrogen and oxygen atoms in total. The van der Waals surface area contributed by atoms with E-state index in [1.807, 2.05) is 0 Å². The van der Waals surface area contributed by atoms with Crippen LogP contribution in [0.1, 0.15) is 25.6 Å². The third-order valence-electron chi connectivity index (χ3n) is 1.59. The standard InChI is InChI=1S/C9H17N3O2/c1-7(2)5-8-11-9(14-12-8)6-13-4-3-10/h7H,3-6,10H2,1-2H3. The zero-order chi connectivity index (χ0) is 10.4. The van der Waals surface area contributed by atoms with E-state index in [2.05, 4.69) is 24.0 Å². The van der Waals surface area contributed by atoms with Crippen LogP contribution in [0.2, 0.25) is 0 Å². The fraction of sp³-hybridized carbons (Fsp3) is 0.778. The van der Waals surface area contributed by atoms with Crippen molar-refractivity contribution < 1.29 is 9.26 Å². The van der Waals surface area contributed by atoms with Crippen LogP contribution in [0.15, 0.2) is 4.52 Å². The van der Waals surface area contributed by atoms with Gasteiger partial charge in [-0.05, 0) is 5.92 Å². The summed E-state index contributed by atoms with van der Waals surface area (Å²) in [6.45, 7) is 5.60. The number of hydrogen-bond acceptors (Lipinski definition) is 5. The van der Waals surface area contributed by atoms with Crippen LogP contribution in [0.5, 0.6) is 0 Å². The van der Waals surface area contributed by atoms with E-state index in [-0.39, 0.29) is 0 Å². The maximum Gasteiger partial charge on any atom is 0.252 e. The Balaban J connectivity index is 2.35. The Labute approximate surface area is 83.6 Å². The highest BCUT2D eigenvalue weighted by Crippen LogP contribution is 2.05. The molecule has 5 heteroatoms. The van der Waals surface area contributed by atoms with Gasteiger partial charge < -0.3 is 15.0 Å². The SMILES string of the molecule is CC(C)Cc1noc(COCCN)n1. The van der Waals surface area contributed by atoms with Crippen LogP contribution in [-0.4, -0.2) is 23.3 Å². The first kappa shape index (κ1) is 11.1. The van der Waals surface area contributed by atoms with Crippen molar-refractivity contribution in [3.63, 3.8) is 0 Å². The smallest absolute Gasteiger partial charge is 0.252 e.